The second-order valence-corrected chi connectivity index (χ2v) is 10.2. The van der Waals surface area contributed by atoms with E-state index < -0.39 is 0 Å². The van der Waals surface area contributed by atoms with Crippen LogP contribution in [0.5, 0.6) is 5.75 Å². The maximum atomic E-state index is 6.57. The van der Waals surface area contributed by atoms with E-state index in [1.807, 2.05) is 0 Å². The molecule has 2 saturated heterocycles. The van der Waals surface area contributed by atoms with Gasteiger partial charge in [0.1, 0.15) is 11.4 Å². The van der Waals surface area contributed by atoms with Crippen molar-refractivity contribution >= 4 is 29.9 Å². The molecule has 1 atom stereocenters. The summed E-state index contributed by atoms with van der Waals surface area (Å²) in [5.41, 5.74) is 1.40. The Morgan fingerprint density at radius 3 is 2.52 bits per heavy atom. The molecule has 0 bridgehead atoms. The van der Waals surface area contributed by atoms with E-state index in [1.54, 1.807) is 0 Å². The van der Waals surface area contributed by atoms with Crippen molar-refractivity contribution in [1.29, 1.82) is 0 Å². The number of likely N-dealkylation sites (tertiary alicyclic amines) is 1. The first-order valence-corrected chi connectivity index (χ1v) is 12.9. The van der Waals surface area contributed by atoms with E-state index in [4.69, 9.17) is 14.5 Å². The van der Waals surface area contributed by atoms with Gasteiger partial charge in [-0.2, -0.15) is 0 Å². The lowest BCUT2D eigenvalue weighted by Gasteiger charge is -2.44. The van der Waals surface area contributed by atoms with Crippen LogP contribution < -0.4 is 15.4 Å². The molecule has 0 amide bonds. The topological polar surface area (TPSA) is 58.1 Å². The Labute approximate surface area is 216 Å². The zero-order valence-electron chi connectivity index (χ0n) is 20.1. The maximum absolute atomic E-state index is 6.57. The van der Waals surface area contributed by atoms with Crippen LogP contribution in [0.25, 0.3) is 0 Å². The van der Waals surface area contributed by atoms with E-state index in [0.29, 0.717) is 0 Å². The van der Waals surface area contributed by atoms with Crippen LogP contribution in [0.2, 0.25) is 0 Å². The van der Waals surface area contributed by atoms with Crippen molar-refractivity contribution in [2.75, 3.05) is 39.4 Å². The number of guanidine groups is 1. The normalized spacial score (nSPS) is 26.3. The standard InChI is InChI=1S/C26H40N4O2.HI/c1-2-27-24(28-20-25(13-17-31-18-14-25)30-15-7-8-16-30)29-22-19-26(11-5-6-12-26)32-23-10-4-3-9-21(22)23;/h3-4,9-10,22H,2,5-8,11-20H2,1H3,(H2,27,28,29);1H. The monoisotopic (exact) mass is 568 g/mol. The van der Waals surface area contributed by atoms with E-state index in [-0.39, 0.29) is 41.2 Å². The highest BCUT2D eigenvalue weighted by molar-refractivity contribution is 14.0. The van der Waals surface area contributed by atoms with Gasteiger partial charge in [0.25, 0.3) is 0 Å². The number of rotatable bonds is 5. The molecule has 2 N–H and O–H groups in total. The molecular formula is C26H41IN4O2. The highest BCUT2D eigenvalue weighted by atomic mass is 127. The summed E-state index contributed by atoms with van der Waals surface area (Å²) in [6, 6.07) is 8.79. The Bertz CT molecular complexity index is 799. The quantitative estimate of drug-likeness (QED) is 0.308. The van der Waals surface area contributed by atoms with Gasteiger partial charge in [-0.15, -0.1) is 24.0 Å². The van der Waals surface area contributed by atoms with Crippen LogP contribution >= 0.6 is 24.0 Å². The Balaban J connectivity index is 0.00000259. The van der Waals surface area contributed by atoms with E-state index in [2.05, 4.69) is 46.7 Å². The van der Waals surface area contributed by atoms with Gasteiger partial charge in [-0.25, -0.2) is 0 Å². The molecule has 3 heterocycles. The molecule has 0 aromatic heterocycles. The summed E-state index contributed by atoms with van der Waals surface area (Å²) >= 11 is 0. The maximum Gasteiger partial charge on any atom is 0.191 e. The summed E-state index contributed by atoms with van der Waals surface area (Å²) in [6.45, 7) is 7.96. The minimum atomic E-state index is -0.0131. The Hall–Kier alpha value is -1.06. The van der Waals surface area contributed by atoms with Gasteiger partial charge in [-0.1, -0.05) is 18.2 Å². The fourth-order valence-electron chi connectivity index (χ4n) is 6.30. The van der Waals surface area contributed by atoms with E-state index in [0.717, 1.165) is 70.1 Å². The van der Waals surface area contributed by atoms with Crippen molar-refractivity contribution in [1.82, 2.24) is 15.5 Å². The van der Waals surface area contributed by atoms with Gasteiger partial charge < -0.3 is 20.1 Å². The number of fused-ring (bicyclic) bond motifs is 1. The van der Waals surface area contributed by atoms with E-state index >= 15 is 0 Å². The predicted octanol–water partition coefficient (Wildman–Crippen LogP) is 4.64. The molecule has 4 aliphatic rings. The zero-order chi connectivity index (χ0) is 21.9. The van der Waals surface area contributed by atoms with Gasteiger partial charge in [0, 0.05) is 37.3 Å². The number of aliphatic imine (C=N–C) groups is 1. The van der Waals surface area contributed by atoms with Crippen molar-refractivity contribution in [3.63, 3.8) is 0 Å². The fraction of sp³-hybridized carbons (Fsp3) is 0.731. The van der Waals surface area contributed by atoms with Crippen molar-refractivity contribution in [3.8, 4) is 5.75 Å². The third-order valence-electron chi connectivity index (χ3n) is 8.10. The number of hydrogen-bond acceptors (Lipinski definition) is 4. The predicted molar refractivity (Wildman–Crippen MR) is 144 cm³/mol. The van der Waals surface area contributed by atoms with Crippen LogP contribution in [-0.2, 0) is 4.74 Å². The number of halogens is 1. The van der Waals surface area contributed by atoms with Crippen LogP contribution in [0.15, 0.2) is 29.3 Å². The number of hydrogen-bond donors (Lipinski definition) is 2. The van der Waals surface area contributed by atoms with Gasteiger partial charge >= 0.3 is 0 Å². The first-order chi connectivity index (χ1) is 15.7. The first-order valence-electron chi connectivity index (χ1n) is 12.9. The van der Waals surface area contributed by atoms with Gasteiger partial charge in [0.15, 0.2) is 5.96 Å². The molecule has 7 heteroatoms. The largest absolute Gasteiger partial charge is 0.487 e. The zero-order valence-corrected chi connectivity index (χ0v) is 22.4. The molecule has 1 aromatic rings. The number of nitrogens with zero attached hydrogens (tertiary/aromatic N) is 2. The molecule has 33 heavy (non-hydrogen) atoms. The Morgan fingerprint density at radius 2 is 1.79 bits per heavy atom. The summed E-state index contributed by atoms with van der Waals surface area (Å²) in [4.78, 5) is 7.89. The Morgan fingerprint density at radius 1 is 1.06 bits per heavy atom. The third kappa shape index (κ3) is 5.45. The fourth-order valence-corrected chi connectivity index (χ4v) is 6.30. The lowest BCUT2D eigenvalue weighted by molar-refractivity contribution is -0.0139. The molecule has 1 spiro atoms. The van der Waals surface area contributed by atoms with Crippen molar-refractivity contribution in [2.24, 2.45) is 4.99 Å². The minimum Gasteiger partial charge on any atom is -0.487 e. The van der Waals surface area contributed by atoms with Crippen LogP contribution in [0, 0.1) is 0 Å². The smallest absolute Gasteiger partial charge is 0.191 e. The molecule has 1 saturated carbocycles. The summed E-state index contributed by atoms with van der Waals surface area (Å²) in [6.07, 6.45) is 10.7. The summed E-state index contributed by atoms with van der Waals surface area (Å²) < 4.78 is 12.3. The van der Waals surface area contributed by atoms with Crippen LogP contribution in [-0.4, -0.2) is 61.4 Å². The average Bonchev–Trinajstić information content (AvgIpc) is 3.51. The van der Waals surface area contributed by atoms with Crippen LogP contribution in [0.4, 0.5) is 0 Å². The average molecular weight is 569 g/mol. The van der Waals surface area contributed by atoms with Gasteiger partial charge in [0.2, 0.25) is 0 Å². The number of para-hydroxylation sites is 1. The summed E-state index contributed by atoms with van der Waals surface area (Å²) in [5, 5.41) is 7.36. The minimum absolute atomic E-state index is 0. The third-order valence-corrected chi connectivity index (χ3v) is 8.10. The molecule has 5 rings (SSSR count). The molecule has 0 radical (unpaired) electrons. The van der Waals surface area contributed by atoms with Crippen molar-refractivity contribution < 1.29 is 9.47 Å². The second kappa shape index (κ2) is 11.1. The molecule has 184 valence electrons. The van der Waals surface area contributed by atoms with Gasteiger partial charge in [0.05, 0.1) is 12.6 Å². The number of nitrogens with one attached hydrogen (secondary N) is 2. The molecule has 1 aliphatic carbocycles. The molecule has 3 aliphatic heterocycles. The van der Waals surface area contributed by atoms with Gasteiger partial charge in [-0.05, 0) is 77.4 Å². The molecule has 3 fully saturated rings. The molecule has 1 aromatic carbocycles. The van der Waals surface area contributed by atoms with E-state index in [1.165, 1.54) is 44.3 Å². The second-order valence-electron chi connectivity index (χ2n) is 10.2. The molecular weight excluding hydrogens is 527 g/mol. The van der Waals surface area contributed by atoms with E-state index in [9.17, 15) is 0 Å². The summed E-state index contributed by atoms with van der Waals surface area (Å²) in [5.74, 6) is 1.99. The number of benzene rings is 1. The van der Waals surface area contributed by atoms with Crippen LogP contribution in [0.3, 0.4) is 0 Å². The first kappa shape index (κ1) is 25.0. The molecule has 6 nitrogen and oxygen atoms in total. The van der Waals surface area contributed by atoms with Gasteiger partial charge in [-0.3, -0.25) is 9.89 Å². The lowest BCUT2D eigenvalue weighted by Crippen LogP contribution is -2.54. The molecule has 1 unspecified atom stereocenters. The number of ether oxygens (including phenoxy) is 2. The van der Waals surface area contributed by atoms with Crippen molar-refractivity contribution in [3.05, 3.63) is 29.8 Å². The Kier molecular flexibility index (Phi) is 8.44. The van der Waals surface area contributed by atoms with Crippen molar-refractivity contribution in [2.45, 2.75) is 81.9 Å². The van der Waals surface area contributed by atoms with Crippen LogP contribution in [0.1, 0.15) is 76.3 Å². The SMILES string of the molecule is CCNC(=NCC1(N2CCCC2)CCOCC1)NC1CC2(CCCC2)Oc2ccccc21.I. The summed E-state index contributed by atoms with van der Waals surface area (Å²) in [7, 11) is 0. The highest BCUT2D eigenvalue weighted by Gasteiger charge is 2.43. The highest BCUT2D eigenvalue weighted by Crippen LogP contribution is 2.47. The lowest BCUT2D eigenvalue weighted by atomic mass is 9.86.